The number of anilines is 1. The number of rotatable bonds is 3. The Kier molecular flexibility index (Phi) is 7.16. The van der Waals surface area contributed by atoms with Crippen molar-refractivity contribution in [2.45, 2.75) is 32.0 Å². The van der Waals surface area contributed by atoms with Gasteiger partial charge in [0.25, 0.3) is 11.5 Å². The van der Waals surface area contributed by atoms with Crippen LogP contribution in [0.15, 0.2) is 47.3 Å². The summed E-state index contributed by atoms with van der Waals surface area (Å²) in [5.41, 5.74) is 1.57. The fraction of sp³-hybridized carbons (Fsp3) is 0.429. The lowest BCUT2D eigenvalue weighted by Gasteiger charge is -2.38. The van der Waals surface area contributed by atoms with Crippen molar-refractivity contribution in [3.63, 3.8) is 0 Å². The zero-order valence-electron chi connectivity index (χ0n) is 21.7. The molecule has 0 saturated carbocycles. The van der Waals surface area contributed by atoms with Gasteiger partial charge in [-0.15, -0.1) is 0 Å². The monoisotopic (exact) mass is 532 g/mol. The van der Waals surface area contributed by atoms with Gasteiger partial charge in [-0.05, 0) is 55.1 Å². The van der Waals surface area contributed by atoms with E-state index >= 15 is 0 Å². The maximum Gasteiger partial charge on any atom is 0.263 e. The topological polar surface area (TPSA) is 127 Å². The number of benzene rings is 1. The molecule has 1 aromatic carbocycles. The Balaban J connectivity index is 1.18. The molecule has 39 heavy (non-hydrogen) atoms. The normalized spacial score (nSPS) is 23.4. The van der Waals surface area contributed by atoms with Crippen molar-refractivity contribution in [3.8, 4) is 11.5 Å². The molecule has 11 nitrogen and oxygen atoms in total. The number of hydrogen-bond donors (Lipinski definition) is 3. The molecule has 0 spiro atoms. The van der Waals surface area contributed by atoms with Crippen LogP contribution in [-0.2, 0) is 22.7 Å². The van der Waals surface area contributed by atoms with E-state index in [9.17, 15) is 14.4 Å². The van der Waals surface area contributed by atoms with Crippen LogP contribution in [0.5, 0.6) is 11.5 Å². The van der Waals surface area contributed by atoms with Crippen LogP contribution in [0.4, 0.5) is 5.82 Å². The van der Waals surface area contributed by atoms with Crippen LogP contribution in [0.2, 0.25) is 0 Å². The van der Waals surface area contributed by atoms with E-state index in [1.165, 1.54) is 0 Å². The van der Waals surface area contributed by atoms with Gasteiger partial charge in [-0.25, -0.2) is 4.98 Å². The van der Waals surface area contributed by atoms with Gasteiger partial charge >= 0.3 is 0 Å². The quantitative estimate of drug-likeness (QED) is 0.458. The molecule has 1 saturated heterocycles. The van der Waals surface area contributed by atoms with Crippen molar-refractivity contribution in [1.29, 1.82) is 0 Å². The lowest BCUT2D eigenvalue weighted by molar-refractivity contribution is -0.127. The number of amides is 2. The number of nitrogens with zero attached hydrogens (tertiary/aromatic N) is 3. The standard InChI is InChI=1S/C28H32N6O5/c35-25-17-39-24-6-4-19(31-27(24)32-25)15-30-22-8-10-33-11-12-34-23-14-20(5-2-18(23)3-7-26(34)36)38-13-1-9-29-28(37)21(22)16-33/h2-7,14,21-22,30H,1,8-13,15-17H2,(H,29,37)(H,31,32,35). The minimum Gasteiger partial charge on any atom is -0.493 e. The Labute approximate surface area is 225 Å². The number of carbonyl (C=O) groups is 2. The molecule has 2 aromatic heterocycles. The number of ether oxygens (including phenoxy) is 2. The predicted molar refractivity (Wildman–Crippen MR) is 145 cm³/mol. The number of fused-ring (bicyclic) bond motifs is 4. The van der Waals surface area contributed by atoms with E-state index in [1.807, 2.05) is 30.3 Å². The molecule has 6 rings (SSSR count). The number of aromatic nitrogens is 2. The van der Waals surface area contributed by atoms with E-state index < -0.39 is 0 Å². The van der Waals surface area contributed by atoms with Crippen molar-refractivity contribution in [1.82, 2.24) is 25.1 Å². The SMILES string of the molecule is O=C1COc2ccc(CNC3CCN4CCn5c(=O)ccc6ccc(cc65)OCCCNC(=O)C3C4)nc2N1. The average Bonchev–Trinajstić information content (AvgIpc) is 2.95. The first-order chi connectivity index (χ1) is 19.0. The predicted octanol–water partition coefficient (Wildman–Crippen LogP) is 1.11. The first-order valence-electron chi connectivity index (χ1n) is 13.5. The molecule has 1 fully saturated rings. The molecule has 0 aliphatic carbocycles. The van der Waals surface area contributed by atoms with Gasteiger partial charge in [0.05, 0.1) is 23.7 Å². The molecule has 3 aliphatic rings. The van der Waals surface area contributed by atoms with Gasteiger partial charge in [0, 0.05) is 50.9 Å². The molecule has 5 heterocycles. The molecular formula is C28H32N6O5. The van der Waals surface area contributed by atoms with Crippen LogP contribution in [0.3, 0.4) is 0 Å². The summed E-state index contributed by atoms with van der Waals surface area (Å²) in [6.45, 7) is 4.01. The summed E-state index contributed by atoms with van der Waals surface area (Å²) >= 11 is 0. The van der Waals surface area contributed by atoms with Gasteiger partial charge in [0.1, 0.15) is 5.75 Å². The summed E-state index contributed by atoms with van der Waals surface area (Å²) in [5.74, 6) is 1.21. The molecule has 4 bridgehead atoms. The molecule has 0 radical (unpaired) electrons. The Morgan fingerprint density at radius 2 is 1.92 bits per heavy atom. The Morgan fingerprint density at radius 1 is 1.03 bits per heavy atom. The van der Waals surface area contributed by atoms with E-state index in [0.29, 0.717) is 63.1 Å². The first-order valence-corrected chi connectivity index (χ1v) is 13.5. The van der Waals surface area contributed by atoms with Gasteiger partial charge < -0.3 is 34.9 Å². The van der Waals surface area contributed by atoms with Crippen LogP contribution in [0.1, 0.15) is 18.5 Å². The van der Waals surface area contributed by atoms with Crippen molar-refractivity contribution in [3.05, 3.63) is 58.5 Å². The summed E-state index contributed by atoms with van der Waals surface area (Å²) < 4.78 is 13.1. The van der Waals surface area contributed by atoms with Crippen molar-refractivity contribution < 1.29 is 19.1 Å². The third kappa shape index (κ3) is 5.59. The minimum absolute atomic E-state index is 0.00552. The van der Waals surface area contributed by atoms with E-state index in [0.717, 1.165) is 29.6 Å². The molecule has 3 N–H and O–H groups in total. The molecular weight excluding hydrogens is 500 g/mol. The van der Waals surface area contributed by atoms with E-state index in [2.05, 4.69) is 25.8 Å². The smallest absolute Gasteiger partial charge is 0.263 e. The van der Waals surface area contributed by atoms with Crippen LogP contribution in [0, 0.1) is 5.92 Å². The van der Waals surface area contributed by atoms with E-state index in [-0.39, 0.29) is 35.9 Å². The highest BCUT2D eigenvalue weighted by Crippen LogP contribution is 2.26. The number of piperidine rings is 1. The van der Waals surface area contributed by atoms with Crippen LogP contribution in [-0.4, -0.2) is 71.7 Å². The molecule has 3 unspecified atom stereocenters. The third-order valence-corrected chi connectivity index (χ3v) is 7.60. The Hall–Kier alpha value is -3.96. The zero-order valence-corrected chi connectivity index (χ0v) is 21.7. The van der Waals surface area contributed by atoms with Gasteiger partial charge in [0.15, 0.2) is 18.2 Å². The zero-order chi connectivity index (χ0) is 26.8. The highest BCUT2D eigenvalue weighted by atomic mass is 16.5. The van der Waals surface area contributed by atoms with E-state index in [1.54, 1.807) is 16.7 Å². The highest BCUT2D eigenvalue weighted by molar-refractivity contribution is 5.94. The largest absolute Gasteiger partial charge is 0.493 e. The minimum atomic E-state index is -0.265. The fourth-order valence-corrected chi connectivity index (χ4v) is 5.51. The first kappa shape index (κ1) is 25.3. The van der Waals surface area contributed by atoms with Crippen LogP contribution in [0.25, 0.3) is 10.9 Å². The number of nitrogens with one attached hydrogen (secondary N) is 3. The van der Waals surface area contributed by atoms with Crippen molar-refractivity contribution >= 4 is 28.5 Å². The number of carbonyl (C=O) groups excluding carboxylic acids is 2. The van der Waals surface area contributed by atoms with Crippen molar-refractivity contribution in [2.24, 2.45) is 5.92 Å². The maximum absolute atomic E-state index is 13.3. The summed E-state index contributed by atoms with van der Waals surface area (Å²) in [5, 5.41) is 10.4. The van der Waals surface area contributed by atoms with Gasteiger partial charge in [-0.3, -0.25) is 14.4 Å². The van der Waals surface area contributed by atoms with Gasteiger partial charge in [-0.1, -0.05) is 0 Å². The third-order valence-electron chi connectivity index (χ3n) is 7.60. The fourth-order valence-electron chi connectivity index (χ4n) is 5.51. The lowest BCUT2D eigenvalue weighted by Crippen LogP contribution is -2.55. The molecule has 2 amide bonds. The average molecular weight is 533 g/mol. The Bertz CT molecular complexity index is 1460. The van der Waals surface area contributed by atoms with Crippen LogP contribution < -0.4 is 31.0 Å². The summed E-state index contributed by atoms with van der Waals surface area (Å²) in [4.78, 5) is 44.6. The second-order valence-corrected chi connectivity index (χ2v) is 10.2. The molecule has 3 aliphatic heterocycles. The van der Waals surface area contributed by atoms with Gasteiger partial charge in [0.2, 0.25) is 5.91 Å². The summed E-state index contributed by atoms with van der Waals surface area (Å²) in [7, 11) is 0. The maximum atomic E-state index is 13.3. The second kappa shape index (κ2) is 11.0. The highest BCUT2D eigenvalue weighted by Gasteiger charge is 2.34. The molecule has 11 heteroatoms. The number of hydrogen-bond acceptors (Lipinski definition) is 8. The van der Waals surface area contributed by atoms with Crippen LogP contribution >= 0.6 is 0 Å². The number of pyridine rings is 2. The van der Waals surface area contributed by atoms with Crippen molar-refractivity contribution in [2.75, 3.05) is 44.7 Å². The summed E-state index contributed by atoms with van der Waals surface area (Å²) in [6, 6.07) is 12.9. The van der Waals surface area contributed by atoms with E-state index in [4.69, 9.17) is 9.47 Å². The lowest BCUT2D eigenvalue weighted by atomic mass is 9.91. The molecule has 204 valence electrons. The molecule has 3 aromatic rings. The summed E-state index contributed by atoms with van der Waals surface area (Å²) in [6.07, 6.45) is 1.45. The molecule has 3 atom stereocenters. The second-order valence-electron chi connectivity index (χ2n) is 10.2. The Morgan fingerprint density at radius 3 is 2.85 bits per heavy atom. The van der Waals surface area contributed by atoms with Gasteiger partial charge in [-0.2, -0.15) is 0 Å².